The standard InChI is InChI=1S/C17H14F3N3O3S2/c18-13-3-1-2-10(7-24)12(13)6-21-11-4-14(19)17(15(20)5-11)28(25,26)23-16-8-27-9-22-16/h1-5,8-9,21,23-24H,6-7H2. The molecule has 1 heterocycles. The van der Waals surface area contributed by atoms with Crippen LogP contribution in [0.15, 0.2) is 46.1 Å². The van der Waals surface area contributed by atoms with Crippen molar-refractivity contribution in [3.63, 3.8) is 0 Å². The maximum Gasteiger partial charge on any atom is 0.268 e. The van der Waals surface area contributed by atoms with Gasteiger partial charge < -0.3 is 10.4 Å². The smallest absolute Gasteiger partial charge is 0.268 e. The van der Waals surface area contributed by atoms with Crippen molar-refractivity contribution in [1.29, 1.82) is 0 Å². The molecule has 0 spiro atoms. The van der Waals surface area contributed by atoms with Crippen LogP contribution in [0.2, 0.25) is 0 Å². The van der Waals surface area contributed by atoms with E-state index in [-0.39, 0.29) is 23.6 Å². The van der Waals surface area contributed by atoms with Crippen LogP contribution in [0.1, 0.15) is 11.1 Å². The molecule has 3 rings (SSSR count). The summed E-state index contributed by atoms with van der Waals surface area (Å²) in [7, 11) is -4.52. The number of hydrogen-bond donors (Lipinski definition) is 3. The Bertz CT molecular complexity index is 1070. The molecule has 28 heavy (non-hydrogen) atoms. The fraction of sp³-hybridized carbons (Fsp3) is 0.118. The fourth-order valence-electron chi connectivity index (χ4n) is 2.51. The van der Waals surface area contributed by atoms with Crippen LogP contribution in [0, 0.1) is 17.5 Å². The molecule has 0 fully saturated rings. The van der Waals surface area contributed by atoms with Crippen molar-refractivity contribution in [2.45, 2.75) is 18.0 Å². The fourth-order valence-corrected chi connectivity index (χ4v) is 4.19. The molecule has 0 atom stereocenters. The third-order valence-electron chi connectivity index (χ3n) is 3.79. The highest BCUT2D eigenvalue weighted by molar-refractivity contribution is 7.92. The second-order valence-corrected chi connectivity index (χ2v) is 7.98. The number of aromatic nitrogens is 1. The van der Waals surface area contributed by atoms with Crippen LogP contribution >= 0.6 is 11.3 Å². The maximum absolute atomic E-state index is 14.4. The predicted octanol–water partition coefficient (Wildman–Crippen LogP) is 3.47. The third kappa shape index (κ3) is 4.26. The zero-order chi connectivity index (χ0) is 20.3. The Hall–Kier alpha value is -2.63. The monoisotopic (exact) mass is 429 g/mol. The molecule has 1 aromatic heterocycles. The normalized spacial score (nSPS) is 11.4. The molecule has 0 aliphatic heterocycles. The molecule has 0 saturated heterocycles. The molecule has 0 bridgehead atoms. The number of halogens is 3. The van der Waals surface area contributed by atoms with Crippen molar-refractivity contribution in [3.05, 3.63) is 69.8 Å². The van der Waals surface area contributed by atoms with Crippen LogP contribution in [0.5, 0.6) is 0 Å². The number of nitrogens with zero attached hydrogens (tertiary/aromatic N) is 1. The van der Waals surface area contributed by atoms with Gasteiger partial charge in [-0.1, -0.05) is 12.1 Å². The number of benzene rings is 2. The van der Waals surface area contributed by atoms with Gasteiger partial charge >= 0.3 is 0 Å². The zero-order valence-corrected chi connectivity index (χ0v) is 15.7. The lowest BCUT2D eigenvalue weighted by molar-refractivity contribution is 0.280. The van der Waals surface area contributed by atoms with Gasteiger partial charge in [-0.25, -0.2) is 26.6 Å². The van der Waals surface area contributed by atoms with E-state index in [1.807, 2.05) is 4.72 Å². The average Bonchev–Trinajstić information content (AvgIpc) is 3.11. The molecular weight excluding hydrogens is 415 g/mol. The van der Waals surface area contributed by atoms with Crippen LogP contribution in [-0.4, -0.2) is 18.5 Å². The van der Waals surface area contributed by atoms with Crippen LogP contribution < -0.4 is 10.0 Å². The van der Waals surface area contributed by atoms with Crippen LogP contribution in [-0.2, 0) is 23.2 Å². The van der Waals surface area contributed by atoms with Crippen LogP contribution in [0.4, 0.5) is 24.7 Å². The van der Waals surface area contributed by atoms with Gasteiger partial charge in [0.25, 0.3) is 10.0 Å². The highest BCUT2D eigenvalue weighted by Crippen LogP contribution is 2.26. The first kappa shape index (κ1) is 20.1. The summed E-state index contributed by atoms with van der Waals surface area (Å²) >= 11 is 1.11. The number of hydrogen-bond acceptors (Lipinski definition) is 6. The Morgan fingerprint density at radius 1 is 1.11 bits per heavy atom. The number of sulfonamides is 1. The number of nitrogens with one attached hydrogen (secondary N) is 2. The minimum atomic E-state index is -4.52. The van der Waals surface area contributed by atoms with E-state index in [1.165, 1.54) is 29.1 Å². The number of anilines is 2. The van der Waals surface area contributed by atoms with E-state index in [9.17, 15) is 26.7 Å². The predicted molar refractivity (Wildman–Crippen MR) is 98.9 cm³/mol. The molecule has 3 aromatic rings. The highest BCUT2D eigenvalue weighted by Gasteiger charge is 2.25. The number of thiazole rings is 1. The van der Waals surface area contributed by atoms with Gasteiger partial charge in [0.1, 0.15) is 17.5 Å². The average molecular weight is 429 g/mol. The summed E-state index contributed by atoms with van der Waals surface area (Å²) in [6.07, 6.45) is 0. The summed E-state index contributed by atoms with van der Waals surface area (Å²) < 4.78 is 69.1. The van der Waals surface area contributed by atoms with E-state index < -0.39 is 39.0 Å². The minimum absolute atomic E-state index is 0.0536. The van der Waals surface area contributed by atoms with Crippen molar-refractivity contribution in [1.82, 2.24) is 4.98 Å². The van der Waals surface area contributed by atoms with Crippen molar-refractivity contribution >= 4 is 32.9 Å². The van der Waals surface area contributed by atoms with Gasteiger partial charge in [0.15, 0.2) is 10.7 Å². The van der Waals surface area contributed by atoms with Gasteiger partial charge in [0, 0.05) is 23.2 Å². The lowest BCUT2D eigenvalue weighted by atomic mass is 10.1. The summed E-state index contributed by atoms with van der Waals surface area (Å²) in [4.78, 5) is 2.56. The molecule has 148 valence electrons. The molecule has 0 aliphatic carbocycles. The molecule has 0 amide bonds. The van der Waals surface area contributed by atoms with Gasteiger partial charge in [-0.2, -0.15) is 0 Å². The molecule has 0 unspecified atom stereocenters. The zero-order valence-electron chi connectivity index (χ0n) is 14.1. The van der Waals surface area contributed by atoms with E-state index in [2.05, 4.69) is 10.3 Å². The molecule has 3 N–H and O–H groups in total. The Balaban J connectivity index is 1.85. The first-order chi connectivity index (χ1) is 13.3. The van der Waals surface area contributed by atoms with E-state index in [0.717, 1.165) is 23.5 Å². The van der Waals surface area contributed by atoms with Gasteiger partial charge in [-0.3, -0.25) is 4.72 Å². The lowest BCUT2D eigenvalue weighted by Crippen LogP contribution is -2.17. The first-order valence-corrected chi connectivity index (χ1v) is 10.3. The molecule has 0 saturated carbocycles. The van der Waals surface area contributed by atoms with E-state index >= 15 is 0 Å². The maximum atomic E-state index is 14.4. The SMILES string of the molecule is O=S(=O)(Nc1cscn1)c1c(F)cc(NCc2c(F)cccc2CO)cc1F. The lowest BCUT2D eigenvalue weighted by Gasteiger charge is -2.13. The van der Waals surface area contributed by atoms with Gasteiger partial charge in [0.05, 0.1) is 12.1 Å². The van der Waals surface area contributed by atoms with Crippen molar-refractivity contribution in [2.75, 3.05) is 10.0 Å². The summed E-state index contributed by atoms with van der Waals surface area (Å²) in [5.41, 5.74) is 1.73. The first-order valence-electron chi connectivity index (χ1n) is 7.83. The largest absolute Gasteiger partial charge is 0.392 e. The Morgan fingerprint density at radius 2 is 1.82 bits per heavy atom. The number of aliphatic hydroxyl groups is 1. The Kier molecular flexibility index (Phi) is 5.87. The number of rotatable bonds is 7. The van der Waals surface area contributed by atoms with Crippen LogP contribution in [0.25, 0.3) is 0 Å². The molecular formula is C17H14F3N3O3S2. The Morgan fingerprint density at radius 3 is 2.43 bits per heavy atom. The summed E-state index contributed by atoms with van der Waals surface area (Å²) in [6.45, 7) is -0.568. The Labute approximate surface area is 162 Å². The van der Waals surface area contributed by atoms with Crippen LogP contribution in [0.3, 0.4) is 0 Å². The van der Waals surface area contributed by atoms with Gasteiger partial charge in [-0.15, -0.1) is 11.3 Å². The summed E-state index contributed by atoms with van der Waals surface area (Å²) in [5.74, 6) is -3.28. The molecule has 6 nitrogen and oxygen atoms in total. The van der Waals surface area contributed by atoms with E-state index in [1.54, 1.807) is 0 Å². The number of aliphatic hydroxyl groups excluding tert-OH is 1. The molecule has 0 aliphatic rings. The summed E-state index contributed by atoms with van der Waals surface area (Å²) in [5, 5.41) is 13.3. The van der Waals surface area contributed by atoms with Crippen molar-refractivity contribution in [3.8, 4) is 0 Å². The van der Waals surface area contributed by atoms with E-state index in [4.69, 9.17) is 0 Å². The second-order valence-electron chi connectivity index (χ2n) is 5.64. The quantitative estimate of drug-likeness (QED) is 0.535. The van der Waals surface area contributed by atoms with Gasteiger partial charge in [-0.05, 0) is 23.8 Å². The van der Waals surface area contributed by atoms with Gasteiger partial charge in [0.2, 0.25) is 0 Å². The van der Waals surface area contributed by atoms with E-state index in [0.29, 0.717) is 5.56 Å². The molecule has 0 radical (unpaired) electrons. The second kappa shape index (κ2) is 8.17. The minimum Gasteiger partial charge on any atom is -0.392 e. The van der Waals surface area contributed by atoms with Crippen molar-refractivity contribution in [2.24, 2.45) is 0 Å². The third-order valence-corrected chi connectivity index (χ3v) is 5.79. The van der Waals surface area contributed by atoms with Crippen molar-refractivity contribution < 1.29 is 26.7 Å². The molecule has 11 heteroatoms. The highest BCUT2D eigenvalue weighted by atomic mass is 32.2. The summed E-state index contributed by atoms with van der Waals surface area (Å²) in [6, 6.07) is 5.72. The molecule has 2 aromatic carbocycles. The topological polar surface area (TPSA) is 91.3 Å².